The van der Waals surface area contributed by atoms with E-state index in [1.54, 1.807) is 19.4 Å². The lowest BCUT2D eigenvalue weighted by atomic mass is 10.2. The number of methoxy groups -OCH3 is 1. The van der Waals surface area contributed by atoms with E-state index in [1.165, 1.54) is 6.33 Å². The third-order valence-electron chi connectivity index (χ3n) is 4.96. The highest BCUT2D eigenvalue weighted by molar-refractivity contribution is 5.96. The van der Waals surface area contributed by atoms with Crippen LogP contribution in [0.5, 0.6) is 0 Å². The van der Waals surface area contributed by atoms with Crippen LogP contribution in [0.15, 0.2) is 47.3 Å². The van der Waals surface area contributed by atoms with Crippen molar-refractivity contribution in [1.82, 2.24) is 15.3 Å². The third kappa shape index (κ3) is 3.64. The zero-order valence-corrected chi connectivity index (χ0v) is 15.4. The summed E-state index contributed by atoms with van der Waals surface area (Å²) in [7, 11) is 1.71. The maximum Gasteiger partial charge on any atom is 0.287 e. The Bertz CT molecular complexity index is 941. The molecule has 3 aromatic rings. The molecule has 0 spiro atoms. The first-order valence-electron chi connectivity index (χ1n) is 8.98. The van der Waals surface area contributed by atoms with Crippen molar-refractivity contribution < 1.29 is 13.9 Å². The number of fused-ring (bicyclic) bond motifs is 1. The smallest absolute Gasteiger partial charge is 0.287 e. The van der Waals surface area contributed by atoms with Crippen LogP contribution in [0.3, 0.4) is 0 Å². The first-order valence-corrected chi connectivity index (χ1v) is 8.98. The van der Waals surface area contributed by atoms with Gasteiger partial charge in [-0.15, -0.1) is 0 Å². The molecule has 1 aromatic carbocycles. The number of nitrogens with zero attached hydrogens (tertiary/aromatic N) is 3. The number of amides is 1. The number of benzene rings is 1. The maximum absolute atomic E-state index is 12.6. The van der Waals surface area contributed by atoms with Gasteiger partial charge in [0.15, 0.2) is 5.76 Å². The van der Waals surface area contributed by atoms with Crippen molar-refractivity contribution in [3.63, 3.8) is 0 Å². The van der Waals surface area contributed by atoms with Gasteiger partial charge in [0.05, 0.1) is 12.1 Å². The van der Waals surface area contributed by atoms with Crippen LogP contribution in [0.1, 0.15) is 22.5 Å². The Morgan fingerprint density at radius 2 is 2.26 bits per heavy atom. The number of carbonyl (C=O) groups excluding carboxylic acids is 1. The van der Waals surface area contributed by atoms with Gasteiger partial charge in [0.25, 0.3) is 5.91 Å². The summed E-state index contributed by atoms with van der Waals surface area (Å²) in [6.45, 7) is 3.23. The van der Waals surface area contributed by atoms with Crippen molar-refractivity contribution in [3.05, 3.63) is 54.2 Å². The lowest BCUT2D eigenvalue weighted by molar-refractivity contribution is 0.0921. The molecule has 0 saturated carbocycles. The van der Waals surface area contributed by atoms with Crippen LogP contribution in [0.25, 0.3) is 11.0 Å². The molecule has 1 N–H and O–H groups in total. The van der Waals surface area contributed by atoms with Crippen LogP contribution in [0, 0.1) is 6.92 Å². The van der Waals surface area contributed by atoms with E-state index in [9.17, 15) is 4.79 Å². The second-order valence-electron chi connectivity index (χ2n) is 6.83. The Kier molecular flexibility index (Phi) is 4.77. The predicted octanol–water partition coefficient (Wildman–Crippen LogP) is 2.55. The number of aromatic nitrogens is 2. The van der Waals surface area contributed by atoms with Gasteiger partial charge < -0.3 is 19.4 Å². The number of ether oxygens (including phenoxy) is 1. The fourth-order valence-electron chi connectivity index (χ4n) is 3.54. The van der Waals surface area contributed by atoms with E-state index < -0.39 is 0 Å². The molecule has 7 heteroatoms. The number of anilines is 1. The molecule has 0 unspecified atom stereocenters. The van der Waals surface area contributed by atoms with Crippen molar-refractivity contribution in [2.75, 3.05) is 25.1 Å². The molecule has 0 bridgehead atoms. The number of hydrogen-bond acceptors (Lipinski definition) is 6. The van der Waals surface area contributed by atoms with Crippen LogP contribution >= 0.6 is 0 Å². The molecule has 140 valence electrons. The van der Waals surface area contributed by atoms with Gasteiger partial charge in [0.1, 0.15) is 17.7 Å². The van der Waals surface area contributed by atoms with Crippen LogP contribution in [-0.2, 0) is 4.74 Å². The van der Waals surface area contributed by atoms with E-state index in [0.717, 1.165) is 29.7 Å². The van der Waals surface area contributed by atoms with E-state index in [1.807, 2.05) is 31.2 Å². The van der Waals surface area contributed by atoms with Crippen molar-refractivity contribution in [2.24, 2.45) is 0 Å². The first-order chi connectivity index (χ1) is 13.1. The number of nitrogens with one attached hydrogen (secondary N) is 1. The number of aryl methyl sites for hydroxylation is 1. The van der Waals surface area contributed by atoms with Crippen LogP contribution in [0.2, 0.25) is 0 Å². The largest absolute Gasteiger partial charge is 0.451 e. The SMILES string of the molecule is CO[C@H]1C[C@@H](CNC(=O)c2cc3cc(C)ccc3o2)N(c2ccncn2)C1. The molecule has 1 aliphatic heterocycles. The van der Waals surface area contributed by atoms with Crippen LogP contribution in [-0.4, -0.2) is 48.2 Å². The Morgan fingerprint density at radius 1 is 1.37 bits per heavy atom. The van der Waals surface area contributed by atoms with E-state index in [-0.39, 0.29) is 18.1 Å². The van der Waals surface area contributed by atoms with Gasteiger partial charge in [-0.1, -0.05) is 11.6 Å². The third-order valence-corrected chi connectivity index (χ3v) is 4.96. The standard InChI is InChI=1S/C20H22N4O3/c1-13-3-4-17-14(7-13)8-18(27-17)20(25)22-10-15-9-16(26-2)11-24(15)19-5-6-21-12-23-19/h3-8,12,15-16H,9-11H2,1-2H3,(H,22,25)/t15-,16-/m0/s1. The molecular formula is C20H22N4O3. The van der Waals surface area contributed by atoms with Gasteiger partial charge in [0.2, 0.25) is 0 Å². The molecule has 1 aliphatic rings. The first kappa shape index (κ1) is 17.5. The quantitative estimate of drug-likeness (QED) is 0.747. The van der Waals surface area contributed by atoms with Crippen LogP contribution in [0.4, 0.5) is 5.82 Å². The summed E-state index contributed by atoms with van der Waals surface area (Å²) in [5, 5.41) is 3.92. The molecule has 1 fully saturated rings. The number of furan rings is 1. The molecule has 27 heavy (non-hydrogen) atoms. The highest BCUT2D eigenvalue weighted by Gasteiger charge is 2.33. The molecule has 3 heterocycles. The molecule has 2 atom stereocenters. The minimum Gasteiger partial charge on any atom is -0.451 e. The summed E-state index contributed by atoms with van der Waals surface area (Å²) in [6.07, 6.45) is 4.17. The monoisotopic (exact) mass is 366 g/mol. The second kappa shape index (κ2) is 7.36. The molecule has 0 aliphatic carbocycles. The van der Waals surface area contributed by atoms with E-state index >= 15 is 0 Å². The minimum absolute atomic E-state index is 0.0976. The zero-order chi connectivity index (χ0) is 18.8. The fourth-order valence-corrected chi connectivity index (χ4v) is 3.54. The summed E-state index contributed by atoms with van der Waals surface area (Å²) < 4.78 is 11.2. The molecule has 1 amide bonds. The van der Waals surface area contributed by atoms with Crippen LogP contribution < -0.4 is 10.2 Å². The minimum atomic E-state index is -0.215. The zero-order valence-electron chi connectivity index (χ0n) is 15.4. The Hall–Kier alpha value is -2.93. The van der Waals surface area contributed by atoms with Crippen molar-refractivity contribution in [1.29, 1.82) is 0 Å². The molecule has 4 rings (SSSR count). The summed E-state index contributed by atoms with van der Waals surface area (Å²) in [4.78, 5) is 23.0. The highest BCUT2D eigenvalue weighted by Crippen LogP contribution is 2.25. The second-order valence-corrected chi connectivity index (χ2v) is 6.83. The van der Waals surface area contributed by atoms with E-state index in [0.29, 0.717) is 17.9 Å². The lowest BCUT2D eigenvalue weighted by Gasteiger charge is -2.25. The number of rotatable bonds is 5. The maximum atomic E-state index is 12.6. The number of carbonyl (C=O) groups is 1. The predicted molar refractivity (Wildman–Crippen MR) is 102 cm³/mol. The Balaban J connectivity index is 1.46. The summed E-state index contributed by atoms with van der Waals surface area (Å²) in [5.41, 5.74) is 1.85. The summed E-state index contributed by atoms with van der Waals surface area (Å²) >= 11 is 0. The number of hydrogen-bond donors (Lipinski definition) is 1. The summed E-state index contributed by atoms with van der Waals surface area (Å²) in [5.74, 6) is 0.945. The van der Waals surface area contributed by atoms with Crippen molar-refractivity contribution in [2.45, 2.75) is 25.5 Å². The molecule has 7 nitrogen and oxygen atoms in total. The average Bonchev–Trinajstić information content (AvgIpc) is 3.30. The average molecular weight is 366 g/mol. The van der Waals surface area contributed by atoms with E-state index in [4.69, 9.17) is 9.15 Å². The molecule has 2 aromatic heterocycles. The Morgan fingerprint density at radius 3 is 3.04 bits per heavy atom. The Labute approximate surface area is 157 Å². The van der Waals surface area contributed by atoms with Gasteiger partial charge in [0, 0.05) is 31.8 Å². The molecule has 0 radical (unpaired) electrons. The van der Waals surface area contributed by atoms with Gasteiger partial charge in [-0.2, -0.15) is 0 Å². The lowest BCUT2D eigenvalue weighted by Crippen LogP contribution is -2.40. The van der Waals surface area contributed by atoms with Crippen molar-refractivity contribution >= 4 is 22.7 Å². The van der Waals surface area contributed by atoms with Gasteiger partial charge in [-0.05, 0) is 37.6 Å². The molecule has 1 saturated heterocycles. The topological polar surface area (TPSA) is 80.5 Å². The summed E-state index contributed by atoms with van der Waals surface area (Å²) in [6, 6.07) is 9.61. The van der Waals surface area contributed by atoms with Gasteiger partial charge in [-0.25, -0.2) is 9.97 Å². The normalized spacial score (nSPS) is 19.6. The fraction of sp³-hybridized carbons (Fsp3) is 0.350. The van der Waals surface area contributed by atoms with Gasteiger partial charge in [-0.3, -0.25) is 4.79 Å². The van der Waals surface area contributed by atoms with Gasteiger partial charge >= 0.3 is 0 Å². The molecular weight excluding hydrogens is 344 g/mol. The van der Waals surface area contributed by atoms with E-state index in [2.05, 4.69) is 20.2 Å². The highest BCUT2D eigenvalue weighted by atomic mass is 16.5. The van der Waals surface area contributed by atoms with Crippen molar-refractivity contribution in [3.8, 4) is 0 Å².